The fourth-order valence-electron chi connectivity index (χ4n) is 4.03. The van der Waals surface area contributed by atoms with Gasteiger partial charge in [-0.3, -0.25) is 9.59 Å². The minimum absolute atomic E-state index is 0.150. The van der Waals surface area contributed by atoms with E-state index in [-0.39, 0.29) is 42.1 Å². The van der Waals surface area contributed by atoms with Gasteiger partial charge in [-0.2, -0.15) is 10.1 Å². The van der Waals surface area contributed by atoms with Crippen LogP contribution in [0.15, 0.2) is 41.5 Å². The lowest BCUT2D eigenvalue weighted by molar-refractivity contribution is -0.143. The van der Waals surface area contributed by atoms with Gasteiger partial charge in [0.05, 0.1) is 25.2 Å². The lowest BCUT2D eigenvalue weighted by Gasteiger charge is -2.13. The number of rotatable bonds is 5. The maximum absolute atomic E-state index is 12.6. The van der Waals surface area contributed by atoms with E-state index < -0.39 is 5.97 Å². The van der Waals surface area contributed by atoms with Crippen LogP contribution in [0.5, 0.6) is 5.75 Å². The van der Waals surface area contributed by atoms with Gasteiger partial charge in [-0.1, -0.05) is 24.3 Å². The van der Waals surface area contributed by atoms with Crippen molar-refractivity contribution >= 4 is 24.0 Å². The predicted molar refractivity (Wildman–Crippen MR) is 91.1 cm³/mol. The highest BCUT2D eigenvalue weighted by Gasteiger charge is 2.59. The van der Waals surface area contributed by atoms with Gasteiger partial charge in [-0.05, 0) is 30.4 Å². The third-order valence-corrected chi connectivity index (χ3v) is 5.25. The number of benzene rings is 1. The molecule has 0 radical (unpaired) electrons. The number of allylic oxidation sites excluding steroid dienone is 2. The maximum Gasteiger partial charge on any atom is 0.343 e. The second kappa shape index (κ2) is 6.40. The lowest BCUT2D eigenvalue weighted by Crippen LogP contribution is -2.28. The minimum Gasteiger partial charge on any atom is -0.481 e. The van der Waals surface area contributed by atoms with Crippen molar-refractivity contribution in [3.63, 3.8) is 0 Å². The summed E-state index contributed by atoms with van der Waals surface area (Å²) in [6, 6.07) is 6.94. The molecule has 4 unspecified atom stereocenters. The van der Waals surface area contributed by atoms with Crippen LogP contribution in [-0.4, -0.2) is 42.7 Å². The van der Waals surface area contributed by atoms with Crippen LogP contribution < -0.4 is 4.74 Å². The van der Waals surface area contributed by atoms with E-state index in [4.69, 9.17) is 4.74 Å². The topological polar surface area (TPSA) is 85.3 Å². The predicted octanol–water partition coefficient (Wildman–Crippen LogP) is 1.38. The van der Waals surface area contributed by atoms with Gasteiger partial charge in [0.2, 0.25) is 0 Å². The van der Waals surface area contributed by atoms with Gasteiger partial charge in [-0.15, -0.1) is 0 Å². The molecule has 0 N–H and O–H groups in total. The van der Waals surface area contributed by atoms with Crippen LogP contribution in [-0.2, 0) is 19.1 Å². The van der Waals surface area contributed by atoms with Crippen molar-refractivity contribution in [1.82, 2.24) is 5.01 Å². The number of esters is 1. The van der Waals surface area contributed by atoms with Gasteiger partial charge in [-0.25, -0.2) is 4.79 Å². The normalized spacial score (nSPS) is 28.9. The smallest absolute Gasteiger partial charge is 0.343 e. The van der Waals surface area contributed by atoms with E-state index in [1.54, 1.807) is 24.3 Å². The van der Waals surface area contributed by atoms with E-state index in [0.717, 1.165) is 11.4 Å². The molecule has 0 spiro atoms. The summed E-state index contributed by atoms with van der Waals surface area (Å²) in [7, 11) is 1.28. The quantitative estimate of drug-likeness (QED) is 0.345. The number of para-hydroxylation sites is 1. The Hall–Kier alpha value is -2.96. The molecule has 2 amide bonds. The fraction of sp³-hybridized carbons (Fsp3) is 0.368. The van der Waals surface area contributed by atoms with Crippen molar-refractivity contribution in [3.8, 4) is 5.75 Å². The van der Waals surface area contributed by atoms with Crippen molar-refractivity contribution in [2.24, 2.45) is 28.8 Å². The molecular formula is C19H18N2O5. The molecule has 2 fully saturated rings. The van der Waals surface area contributed by atoms with Gasteiger partial charge in [0.15, 0.2) is 6.61 Å². The molecule has 4 atom stereocenters. The molecule has 7 heteroatoms. The number of carbonyl (C=O) groups is 3. The Kier molecular flexibility index (Phi) is 4.06. The number of nitrogens with zero attached hydrogens (tertiary/aromatic N) is 2. The van der Waals surface area contributed by atoms with Crippen LogP contribution in [0.4, 0.5) is 0 Å². The van der Waals surface area contributed by atoms with E-state index >= 15 is 0 Å². The Morgan fingerprint density at radius 1 is 1.19 bits per heavy atom. The van der Waals surface area contributed by atoms with Crippen LogP contribution in [0.25, 0.3) is 0 Å². The molecule has 1 saturated heterocycles. The van der Waals surface area contributed by atoms with Crippen molar-refractivity contribution in [2.45, 2.75) is 6.42 Å². The monoisotopic (exact) mass is 354 g/mol. The number of hydrogen-bond donors (Lipinski definition) is 0. The van der Waals surface area contributed by atoms with E-state index in [0.29, 0.717) is 11.3 Å². The summed E-state index contributed by atoms with van der Waals surface area (Å²) in [5.74, 6) is -0.808. The van der Waals surface area contributed by atoms with E-state index in [2.05, 4.69) is 9.84 Å². The number of hydrogen-bond acceptors (Lipinski definition) is 6. The first kappa shape index (κ1) is 16.5. The number of amides is 2. The highest BCUT2D eigenvalue weighted by atomic mass is 16.6. The summed E-state index contributed by atoms with van der Waals surface area (Å²) in [5, 5.41) is 5.11. The summed E-state index contributed by atoms with van der Waals surface area (Å²) in [4.78, 5) is 36.5. The summed E-state index contributed by atoms with van der Waals surface area (Å²) in [6.07, 6.45) is 6.38. The Labute approximate surface area is 150 Å². The molecule has 2 aliphatic carbocycles. The molecule has 1 heterocycles. The molecule has 1 aliphatic heterocycles. The molecule has 26 heavy (non-hydrogen) atoms. The Morgan fingerprint density at radius 3 is 2.50 bits per heavy atom. The largest absolute Gasteiger partial charge is 0.481 e. The zero-order chi connectivity index (χ0) is 18.3. The number of imide groups is 1. The first-order valence-corrected chi connectivity index (χ1v) is 8.49. The van der Waals surface area contributed by atoms with Crippen LogP contribution in [0, 0.1) is 23.7 Å². The first-order chi connectivity index (χ1) is 12.6. The second-order valence-electron chi connectivity index (χ2n) is 6.64. The minimum atomic E-state index is -0.502. The lowest BCUT2D eigenvalue weighted by atomic mass is 9.85. The summed E-state index contributed by atoms with van der Waals surface area (Å²) < 4.78 is 9.96. The van der Waals surface area contributed by atoms with Crippen LogP contribution in [0.2, 0.25) is 0 Å². The number of carbonyl (C=O) groups excluding carboxylic acids is 3. The molecule has 2 bridgehead atoms. The zero-order valence-corrected chi connectivity index (χ0v) is 14.2. The fourth-order valence-corrected chi connectivity index (χ4v) is 4.03. The van der Waals surface area contributed by atoms with Crippen molar-refractivity contribution in [2.75, 3.05) is 13.7 Å². The van der Waals surface area contributed by atoms with Gasteiger partial charge < -0.3 is 9.47 Å². The molecule has 0 aromatic heterocycles. The van der Waals surface area contributed by atoms with E-state index in [1.807, 2.05) is 12.2 Å². The van der Waals surface area contributed by atoms with Crippen molar-refractivity contribution in [3.05, 3.63) is 42.0 Å². The summed E-state index contributed by atoms with van der Waals surface area (Å²) >= 11 is 0. The van der Waals surface area contributed by atoms with E-state index in [1.165, 1.54) is 13.3 Å². The third-order valence-electron chi connectivity index (χ3n) is 5.25. The molecule has 1 saturated carbocycles. The number of fused-ring (bicyclic) bond motifs is 5. The third kappa shape index (κ3) is 2.60. The van der Waals surface area contributed by atoms with Crippen LogP contribution in [0.3, 0.4) is 0 Å². The van der Waals surface area contributed by atoms with Gasteiger partial charge in [0.25, 0.3) is 11.8 Å². The molecule has 3 aliphatic rings. The average Bonchev–Trinajstić information content (AvgIpc) is 3.33. The Morgan fingerprint density at radius 2 is 1.85 bits per heavy atom. The molecule has 4 rings (SSSR count). The molecule has 7 nitrogen and oxygen atoms in total. The Balaban J connectivity index is 1.52. The molecule has 134 valence electrons. The first-order valence-electron chi connectivity index (χ1n) is 8.49. The van der Waals surface area contributed by atoms with E-state index in [9.17, 15) is 14.4 Å². The zero-order valence-electron chi connectivity index (χ0n) is 14.2. The molecule has 1 aromatic carbocycles. The highest BCUT2D eigenvalue weighted by Crippen LogP contribution is 2.52. The van der Waals surface area contributed by atoms with Crippen LogP contribution >= 0.6 is 0 Å². The summed E-state index contributed by atoms with van der Waals surface area (Å²) in [5.41, 5.74) is 0.565. The highest BCUT2D eigenvalue weighted by molar-refractivity contribution is 6.06. The van der Waals surface area contributed by atoms with Gasteiger partial charge >= 0.3 is 5.97 Å². The SMILES string of the molecule is COC(=O)COc1ccccc1C=NN1C(=O)C2C3C=CC(C3)C2C1=O. The Bertz CT molecular complexity index is 801. The number of ether oxygens (including phenoxy) is 2. The number of hydrazone groups is 1. The van der Waals surface area contributed by atoms with Gasteiger partial charge in [0.1, 0.15) is 5.75 Å². The average molecular weight is 354 g/mol. The second-order valence-corrected chi connectivity index (χ2v) is 6.64. The number of methoxy groups -OCH3 is 1. The maximum atomic E-state index is 12.6. The van der Waals surface area contributed by atoms with Crippen molar-refractivity contribution in [1.29, 1.82) is 0 Å². The van der Waals surface area contributed by atoms with Gasteiger partial charge in [0, 0.05) is 5.56 Å². The summed E-state index contributed by atoms with van der Waals surface area (Å²) in [6.45, 7) is -0.234. The van der Waals surface area contributed by atoms with Crippen molar-refractivity contribution < 1.29 is 23.9 Å². The van der Waals surface area contributed by atoms with Crippen LogP contribution in [0.1, 0.15) is 12.0 Å². The molecular weight excluding hydrogens is 336 g/mol. The molecule has 1 aromatic rings. The standard InChI is InChI=1S/C19H18N2O5/c1-25-15(22)10-26-14-5-3-2-4-13(14)9-20-21-18(23)16-11-6-7-12(8-11)17(16)19(21)24/h2-7,9,11-12,16-17H,8,10H2,1H3.